The van der Waals surface area contributed by atoms with Crippen molar-refractivity contribution in [2.75, 3.05) is 12.4 Å². The molecule has 1 N–H and O–H groups in total. The Balaban J connectivity index is 1.92. The Kier molecular flexibility index (Phi) is 5.46. The van der Waals surface area contributed by atoms with E-state index in [2.05, 4.69) is 26.3 Å². The van der Waals surface area contributed by atoms with Crippen LogP contribution in [0.15, 0.2) is 53.1 Å². The van der Waals surface area contributed by atoms with E-state index in [1.165, 1.54) is 30.1 Å². The van der Waals surface area contributed by atoms with Gasteiger partial charge in [-0.2, -0.15) is 18.3 Å². The van der Waals surface area contributed by atoms with Crippen molar-refractivity contribution >= 4 is 27.5 Å². The standard InChI is InChI=1S/C19H15BrF3N3O2/c1-11-15(18(27)25-16-9-13(20)6-7-17(16)28-2)10-24-26(11)14-5-3-4-12(8-14)19(21,22)23/h3-10H,1-2H3,(H,25,27). The Labute approximate surface area is 167 Å². The molecule has 1 aromatic heterocycles. The van der Waals surface area contributed by atoms with Gasteiger partial charge in [-0.25, -0.2) is 4.68 Å². The Morgan fingerprint density at radius 2 is 1.96 bits per heavy atom. The van der Waals surface area contributed by atoms with Crippen molar-refractivity contribution in [3.63, 3.8) is 0 Å². The van der Waals surface area contributed by atoms with E-state index in [-0.39, 0.29) is 11.3 Å². The largest absolute Gasteiger partial charge is 0.495 e. The molecule has 1 amide bonds. The van der Waals surface area contributed by atoms with E-state index in [9.17, 15) is 18.0 Å². The Morgan fingerprint density at radius 3 is 2.64 bits per heavy atom. The molecule has 0 bridgehead atoms. The average Bonchev–Trinajstić information content (AvgIpc) is 3.03. The summed E-state index contributed by atoms with van der Waals surface area (Å²) in [6.07, 6.45) is -3.15. The molecular formula is C19H15BrF3N3O2. The predicted molar refractivity (Wildman–Crippen MR) is 102 cm³/mol. The number of carbonyl (C=O) groups excluding carboxylic acids is 1. The Bertz CT molecular complexity index is 1030. The minimum atomic E-state index is -4.46. The summed E-state index contributed by atoms with van der Waals surface area (Å²) in [5.74, 6) is 0.0200. The van der Waals surface area contributed by atoms with Gasteiger partial charge in [0.2, 0.25) is 0 Å². The lowest BCUT2D eigenvalue weighted by Crippen LogP contribution is -2.14. The number of methoxy groups -OCH3 is 1. The van der Waals surface area contributed by atoms with Crippen LogP contribution in [0.5, 0.6) is 5.75 Å². The average molecular weight is 454 g/mol. The van der Waals surface area contributed by atoms with Crippen LogP contribution in [-0.4, -0.2) is 22.8 Å². The molecule has 3 rings (SSSR count). The fraction of sp³-hybridized carbons (Fsp3) is 0.158. The zero-order valence-corrected chi connectivity index (χ0v) is 16.4. The number of nitrogens with zero attached hydrogens (tertiary/aromatic N) is 2. The second-order valence-corrected chi connectivity index (χ2v) is 6.82. The Morgan fingerprint density at radius 1 is 1.21 bits per heavy atom. The normalized spacial score (nSPS) is 11.4. The second kappa shape index (κ2) is 7.67. The second-order valence-electron chi connectivity index (χ2n) is 5.90. The highest BCUT2D eigenvalue weighted by Gasteiger charge is 2.30. The molecule has 146 valence electrons. The summed E-state index contributed by atoms with van der Waals surface area (Å²) < 4.78 is 46.1. The van der Waals surface area contributed by atoms with Gasteiger partial charge >= 0.3 is 6.18 Å². The third-order valence-corrected chi connectivity index (χ3v) is 4.58. The monoisotopic (exact) mass is 453 g/mol. The van der Waals surface area contributed by atoms with Crippen molar-refractivity contribution in [1.29, 1.82) is 0 Å². The maximum absolute atomic E-state index is 13.0. The van der Waals surface area contributed by atoms with Gasteiger partial charge in [0.05, 0.1) is 41.5 Å². The van der Waals surface area contributed by atoms with E-state index in [4.69, 9.17) is 4.74 Å². The Hall–Kier alpha value is -2.81. The number of hydrogen-bond donors (Lipinski definition) is 1. The molecule has 5 nitrogen and oxygen atoms in total. The fourth-order valence-corrected chi connectivity index (χ4v) is 3.04. The quantitative estimate of drug-likeness (QED) is 0.588. The number of halogens is 4. The number of ether oxygens (including phenoxy) is 1. The summed E-state index contributed by atoms with van der Waals surface area (Å²) in [7, 11) is 1.48. The first-order valence-electron chi connectivity index (χ1n) is 8.08. The molecular weight excluding hydrogens is 439 g/mol. The smallest absolute Gasteiger partial charge is 0.416 e. The van der Waals surface area contributed by atoms with Crippen LogP contribution in [-0.2, 0) is 6.18 Å². The molecule has 3 aromatic rings. The van der Waals surface area contributed by atoms with Crippen molar-refractivity contribution < 1.29 is 22.7 Å². The number of amides is 1. The van der Waals surface area contributed by atoms with Gasteiger partial charge in [0.1, 0.15) is 5.75 Å². The number of aromatic nitrogens is 2. The molecule has 0 aliphatic heterocycles. The van der Waals surface area contributed by atoms with Crippen LogP contribution in [0.4, 0.5) is 18.9 Å². The molecule has 0 aliphatic carbocycles. The lowest BCUT2D eigenvalue weighted by Gasteiger charge is -2.11. The molecule has 0 aliphatic rings. The SMILES string of the molecule is COc1ccc(Br)cc1NC(=O)c1cnn(-c2cccc(C(F)(F)F)c2)c1C. The van der Waals surface area contributed by atoms with Gasteiger partial charge < -0.3 is 10.1 Å². The number of anilines is 1. The predicted octanol–water partition coefficient (Wildman–Crippen LogP) is 5.22. The molecule has 0 saturated heterocycles. The summed E-state index contributed by atoms with van der Waals surface area (Å²) in [6, 6.07) is 9.90. The number of benzene rings is 2. The highest BCUT2D eigenvalue weighted by molar-refractivity contribution is 9.10. The zero-order chi connectivity index (χ0) is 20.5. The van der Waals surface area contributed by atoms with Gasteiger partial charge in [0.25, 0.3) is 5.91 Å². The number of carbonyl (C=O) groups is 1. The van der Waals surface area contributed by atoms with E-state index in [1.54, 1.807) is 25.1 Å². The van der Waals surface area contributed by atoms with E-state index in [1.807, 2.05) is 0 Å². The molecule has 0 radical (unpaired) electrons. The van der Waals surface area contributed by atoms with Crippen molar-refractivity contribution in [3.05, 3.63) is 70.0 Å². The van der Waals surface area contributed by atoms with Crippen LogP contribution in [0.1, 0.15) is 21.6 Å². The summed E-state index contributed by atoms with van der Waals surface area (Å²) >= 11 is 3.33. The summed E-state index contributed by atoms with van der Waals surface area (Å²) in [5, 5.41) is 6.81. The topological polar surface area (TPSA) is 56.1 Å². The minimum Gasteiger partial charge on any atom is -0.495 e. The third kappa shape index (κ3) is 4.04. The van der Waals surface area contributed by atoms with Crippen molar-refractivity contribution in [1.82, 2.24) is 9.78 Å². The molecule has 1 heterocycles. The van der Waals surface area contributed by atoms with Crippen LogP contribution in [0.2, 0.25) is 0 Å². The van der Waals surface area contributed by atoms with Gasteiger partial charge in [-0.1, -0.05) is 22.0 Å². The van der Waals surface area contributed by atoms with Crippen molar-refractivity contribution in [3.8, 4) is 11.4 Å². The number of rotatable bonds is 4. The van der Waals surface area contributed by atoms with Crippen LogP contribution >= 0.6 is 15.9 Å². The molecule has 2 aromatic carbocycles. The first-order chi connectivity index (χ1) is 13.2. The van der Waals surface area contributed by atoms with Gasteiger partial charge in [0, 0.05) is 4.47 Å². The lowest BCUT2D eigenvalue weighted by atomic mass is 10.2. The van der Waals surface area contributed by atoms with Crippen LogP contribution in [0.3, 0.4) is 0 Å². The number of hydrogen-bond acceptors (Lipinski definition) is 3. The minimum absolute atomic E-state index is 0.214. The first kappa shape index (κ1) is 19.9. The van der Waals surface area contributed by atoms with E-state index in [0.29, 0.717) is 17.1 Å². The van der Waals surface area contributed by atoms with Gasteiger partial charge in [-0.15, -0.1) is 0 Å². The highest BCUT2D eigenvalue weighted by Crippen LogP contribution is 2.31. The summed E-state index contributed by atoms with van der Waals surface area (Å²) in [5.41, 5.74) is 0.523. The molecule has 0 unspecified atom stereocenters. The maximum Gasteiger partial charge on any atom is 0.416 e. The number of nitrogens with one attached hydrogen (secondary N) is 1. The zero-order valence-electron chi connectivity index (χ0n) is 14.8. The summed E-state index contributed by atoms with van der Waals surface area (Å²) in [4.78, 5) is 12.7. The molecule has 0 saturated carbocycles. The van der Waals surface area contributed by atoms with Gasteiger partial charge in [0.15, 0.2) is 0 Å². The van der Waals surface area contributed by atoms with Gasteiger partial charge in [-0.05, 0) is 43.3 Å². The van der Waals surface area contributed by atoms with Crippen LogP contribution in [0, 0.1) is 6.92 Å². The fourth-order valence-electron chi connectivity index (χ4n) is 2.67. The maximum atomic E-state index is 13.0. The van der Waals surface area contributed by atoms with Crippen molar-refractivity contribution in [2.24, 2.45) is 0 Å². The van der Waals surface area contributed by atoms with E-state index < -0.39 is 17.6 Å². The van der Waals surface area contributed by atoms with Gasteiger partial charge in [-0.3, -0.25) is 4.79 Å². The third-order valence-electron chi connectivity index (χ3n) is 4.08. The molecule has 0 atom stereocenters. The summed E-state index contributed by atoms with van der Waals surface area (Å²) in [6.45, 7) is 1.61. The first-order valence-corrected chi connectivity index (χ1v) is 8.87. The van der Waals surface area contributed by atoms with E-state index >= 15 is 0 Å². The van der Waals surface area contributed by atoms with Crippen LogP contribution in [0.25, 0.3) is 5.69 Å². The lowest BCUT2D eigenvalue weighted by molar-refractivity contribution is -0.137. The molecule has 28 heavy (non-hydrogen) atoms. The molecule has 0 spiro atoms. The van der Waals surface area contributed by atoms with Crippen LogP contribution < -0.4 is 10.1 Å². The molecule has 9 heteroatoms. The molecule has 0 fully saturated rings. The number of alkyl halides is 3. The highest BCUT2D eigenvalue weighted by atomic mass is 79.9. The van der Waals surface area contributed by atoms with Crippen molar-refractivity contribution in [2.45, 2.75) is 13.1 Å². The van der Waals surface area contributed by atoms with E-state index in [0.717, 1.165) is 16.6 Å².